The monoisotopic (exact) mass is 216 g/mol. The molecule has 0 aromatic heterocycles. The number of benzene rings is 1. The molecule has 0 amide bonds. The minimum absolute atomic E-state index is 0.0555. The van der Waals surface area contributed by atoms with Crippen molar-refractivity contribution in [3.05, 3.63) is 29.3 Å². The van der Waals surface area contributed by atoms with Crippen LogP contribution in [-0.2, 0) is 0 Å². The zero-order valence-corrected chi connectivity index (χ0v) is 8.82. The second-order valence-corrected chi connectivity index (χ2v) is 3.51. The highest BCUT2D eigenvalue weighted by atomic mass is 16.5. The van der Waals surface area contributed by atoms with Gasteiger partial charge in [-0.25, -0.2) is 0 Å². The molecule has 0 bridgehead atoms. The van der Waals surface area contributed by atoms with E-state index in [1.165, 1.54) is 0 Å². The van der Waals surface area contributed by atoms with Crippen molar-refractivity contribution in [2.75, 3.05) is 13.2 Å². The lowest BCUT2D eigenvalue weighted by Gasteiger charge is -2.15. The van der Waals surface area contributed by atoms with E-state index in [1.807, 2.05) is 6.07 Å². The molecule has 1 aliphatic rings. The van der Waals surface area contributed by atoms with Gasteiger partial charge < -0.3 is 9.84 Å². The summed E-state index contributed by atoms with van der Waals surface area (Å²) in [5.41, 5.74) is 1.40. The Hall–Kier alpha value is -1.79. The molecule has 1 N–H and O–H groups in total. The predicted octanol–water partition coefficient (Wildman–Crippen LogP) is 1.39. The normalized spacial score (nSPS) is 13.4. The van der Waals surface area contributed by atoms with Crippen molar-refractivity contribution < 1.29 is 14.6 Å². The molecule has 1 aromatic rings. The van der Waals surface area contributed by atoms with E-state index in [2.05, 4.69) is 11.8 Å². The Morgan fingerprint density at radius 1 is 1.44 bits per heavy atom. The number of hydrogen-bond acceptors (Lipinski definition) is 3. The van der Waals surface area contributed by atoms with Gasteiger partial charge in [0.15, 0.2) is 5.78 Å². The summed E-state index contributed by atoms with van der Waals surface area (Å²) in [4.78, 5) is 11.6. The molecule has 2 rings (SSSR count). The van der Waals surface area contributed by atoms with E-state index in [0.29, 0.717) is 30.8 Å². The zero-order valence-electron chi connectivity index (χ0n) is 8.82. The molecular weight excluding hydrogens is 204 g/mol. The van der Waals surface area contributed by atoms with Crippen LogP contribution < -0.4 is 4.74 Å². The van der Waals surface area contributed by atoms with Crippen molar-refractivity contribution in [3.63, 3.8) is 0 Å². The Morgan fingerprint density at radius 3 is 3.12 bits per heavy atom. The topological polar surface area (TPSA) is 46.5 Å². The van der Waals surface area contributed by atoms with E-state index in [-0.39, 0.29) is 12.4 Å². The van der Waals surface area contributed by atoms with E-state index >= 15 is 0 Å². The smallest absolute Gasteiger partial charge is 0.170 e. The molecule has 0 saturated carbocycles. The second kappa shape index (κ2) is 4.82. The lowest BCUT2D eigenvalue weighted by atomic mass is 10.0. The molecular formula is C13H12O3. The van der Waals surface area contributed by atoms with Gasteiger partial charge in [0, 0.05) is 18.4 Å². The van der Waals surface area contributed by atoms with Crippen molar-refractivity contribution in [1.29, 1.82) is 0 Å². The molecule has 1 aromatic carbocycles. The highest BCUT2D eigenvalue weighted by molar-refractivity contribution is 5.99. The van der Waals surface area contributed by atoms with Crippen LogP contribution in [0.4, 0.5) is 0 Å². The lowest BCUT2D eigenvalue weighted by Crippen LogP contribution is -2.15. The molecule has 3 heteroatoms. The van der Waals surface area contributed by atoms with E-state index in [9.17, 15) is 4.79 Å². The molecule has 0 unspecified atom stereocenters. The fraction of sp³-hybridized carbons (Fsp3) is 0.308. The van der Waals surface area contributed by atoms with Gasteiger partial charge in [-0.05, 0) is 18.2 Å². The van der Waals surface area contributed by atoms with Gasteiger partial charge in [-0.3, -0.25) is 4.79 Å². The van der Waals surface area contributed by atoms with Crippen LogP contribution in [0.2, 0.25) is 0 Å². The molecule has 0 aliphatic carbocycles. The predicted molar refractivity (Wildman–Crippen MR) is 59.5 cm³/mol. The van der Waals surface area contributed by atoms with Crippen molar-refractivity contribution >= 4 is 5.78 Å². The largest absolute Gasteiger partial charge is 0.492 e. The van der Waals surface area contributed by atoms with Crippen LogP contribution in [-0.4, -0.2) is 24.1 Å². The molecule has 16 heavy (non-hydrogen) atoms. The summed E-state index contributed by atoms with van der Waals surface area (Å²) < 4.78 is 5.37. The van der Waals surface area contributed by atoms with E-state index in [1.54, 1.807) is 12.1 Å². The highest BCUT2D eigenvalue weighted by Gasteiger charge is 2.17. The summed E-state index contributed by atoms with van der Waals surface area (Å²) in [6.07, 6.45) is 0.877. The second-order valence-electron chi connectivity index (χ2n) is 3.51. The average molecular weight is 216 g/mol. The minimum Gasteiger partial charge on any atom is -0.492 e. The lowest BCUT2D eigenvalue weighted by molar-refractivity contribution is 0.0933. The van der Waals surface area contributed by atoms with Gasteiger partial charge in [-0.15, -0.1) is 0 Å². The van der Waals surface area contributed by atoms with Gasteiger partial charge in [-0.1, -0.05) is 11.8 Å². The maximum Gasteiger partial charge on any atom is 0.170 e. The Labute approximate surface area is 94.0 Å². The molecule has 0 fully saturated rings. The SMILES string of the molecule is O=C1CCOc2ccc(C#CCCO)cc21. The van der Waals surface area contributed by atoms with Gasteiger partial charge in [-0.2, -0.15) is 0 Å². The van der Waals surface area contributed by atoms with Crippen LogP contribution in [0.3, 0.4) is 0 Å². The number of fused-ring (bicyclic) bond motifs is 1. The quantitative estimate of drug-likeness (QED) is 0.721. The molecule has 0 radical (unpaired) electrons. The summed E-state index contributed by atoms with van der Waals surface area (Å²) >= 11 is 0. The molecule has 0 atom stereocenters. The summed E-state index contributed by atoms with van der Waals surface area (Å²) in [5.74, 6) is 6.47. The summed E-state index contributed by atoms with van der Waals surface area (Å²) in [7, 11) is 0. The Bertz CT molecular complexity index is 466. The van der Waals surface area contributed by atoms with E-state index in [4.69, 9.17) is 9.84 Å². The molecule has 1 heterocycles. The molecule has 1 aliphatic heterocycles. The van der Waals surface area contributed by atoms with Crippen molar-refractivity contribution in [3.8, 4) is 17.6 Å². The number of carbonyl (C=O) groups excluding carboxylic acids is 1. The van der Waals surface area contributed by atoms with Crippen LogP contribution in [0.1, 0.15) is 28.8 Å². The molecule has 0 saturated heterocycles. The summed E-state index contributed by atoms with van der Waals surface area (Å²) in [6, 6.07) is 5.35. The number of hydrogen-bond donors (Lipinski definition) is 1. The van der Waals surface area contributed by atoms with Gasteiger partial charge in [0.2, 0.25) is 0 Å². The molecule has 0 spiro atoms. The standard InChI is InChI=1S/C13H12O3/c14-7-2-1-3-10-4-5-13-11(9-10)12(15)6-8-16-13/h4-5,9,14H,2,6-8H2. The first-order valence-corrected chi connectivity index (χ1v) is 5.21. The van der Waals surface area contributed by atoms with Crippen molar-refractivity contribution in [1.82, 2.24) is 0 Å². The number of ether oxygens (including phenoxy) is 1. The number of aliphatic hydroxyl groups is 1. The van der Waals surface area contributed by atoms with E-state index < -0.39 is 0 Å². The first kappa shape index (κ1) is 10.7. The first-order chi connectivity index (χ1) is 7.81. The maximum atomic E-state index is 11.6. The summed E-state index contributed by atoms with van der Waals surface area (Å²) in [5, 5.41) is 8.60. The molecule has 82 valence electrons. The Kier molecular flexibility index (Phi) is 3.23. The van der Waals surface area contributed by atoms with Gasteiger partial charge in [0.05, 0.1) is 18.8 Å². The number of ketones is 1. The van der Waals surface area contributed by atoms with Crippen LogP contribution in [0.25, 0.3) is 0 Å². The summed E-state index contributed by atoms with van der Waals surface area (Å²) in [6.45, 7) is 0.515. The fourth-order valence-corrected chi connectivity index (χ4v) is 1.56. The average Bonchev–Trinajstić information content (AvgIpc) is 2.30. The fourth-order valence-electron chi connectivity index (χ4n) is 1.56. The number of rotatable bonds is 1. The third-order valence-electron chi connectivity index (χ3n) is 2.34. The van der Waals surface area contributed by atoms with Gasteiger partial charge >= 0.3 is 0 Å². The zero-order chi connectivity index (χ0) is 11.4. The Balaban J connectivity index is 2.28. The number of carbonyl (C=O) groups is 1. The van der Waals surface area contributed by atoms with E-state index in [0.717, 1.165) is 5.56 Å². The Morgan fingerprint density at radius 2 is 2.31 bits per heavy atom. The third kappa shape index (κ3) is 2.23. The van der Waals surface area contributed by atoms with Gasteiger partial charge in [0.25, 0.3) is 0 Å². The van der Waals surface area contributed by atoms with Crippen molar-refractivity contribution in [2.24, 2.45) is 0 Å². The number of Topliss-reactive ketones (excluding diaryl/α,β-unsaturated/α-hetero) is 1. The minimum atomic E-state index is 0.0555. The third-order valence-corrected chi connectivity index (χ3v) is 2.34. The van der Waals surface area contributed by atoms with Gasteiger partial charge in [0.1, 0.15) is 5.75 Å². The van der Waals surface area contributed by atoms with Crippen molar-refractivity contribution in [2.45, 2.75) is 12.8 Å². The maximum absolute atomic E-state index is 11.6. The number of aliphatic hydroxyl groups excluding tert-OH is 1. The first-order valence-electron chi connectivity index (χ1n) is 5.21. The van der Waals surface area contributed by atoms with Crippen LogP contribution >= 0.6 is 0 Å². The van der Waals surface area contributed by atoms with Crippen LogP contribution in [0, 0.1) is 11.8 Å². The molecule has 3 nitrogen and oxygen atoms in total. The van der Waals surface area contributed by atoms with Crippen LogP contribution in [0.15, 0.2) is 18.2 Å². The highest BCUT2D eigenvalue weighted by Crippen LogP contribution is 2.25. The van der Waals surface area contributed by atoms with Crippen LogP contribution in [0.5, 0.6) is 5.75 Å².